The number of hydrogen-bond donors (Lipinski definition) is 0. The molecule has 0 radical (unpaired) electrons. The van der Waals surface area contributed by atoms with Crippen LogP contribution in [0.5, 0.6) is 0 Å². The van der Waals surface area contributed by atoms with E-state index in [0.717, 1.165) is 12.1 Å². The van der Waals surface area contributed by atoms with Crippen LogP contribution in [0.1, 0.15) is 60.3 Å². The molecule has 124 valence electrons. The third kappa shape index (κ3) is 3.12. The number of carbonyl (C=O) groups is 1. The molecule has 2 aromatic heterocycles. The molecule has 1 saturated heterocycles. The summed E-state index contributed by atoms with van der Waals surface area (Å²) in [5.41, 5.74) is 0.786. The van der Waals surface area contributed by atoms with E-state index in [1.165, 1.54) is 0 Å². The fraction of sp³-hybridized carbons (Fsp3) is 0.600. The maximum absolute atomic E-state index is 12.8. The molecule has 1 amide bonds. The molecule has 3 rings (SSSR count). The van der Waals surface area contributed by atoms with E-state index in [4.69, 9.17) is 13.7 Å². The minimum atomic E-state index is -0.408. The lowest BCUT2D eigenvalue weighted by molar-refractivity contribution is -0.0124. The Morgan fingerprint density at radius 2 is 2.30 bits per heavy atom. The van der Waals surface area contributed by atoms with Crippen molar-refractivity contribution in [2.24, 2.45) is 0 Å². The van der Waals surface area contributed by atoms with Crippen molar-refractivity contribution in [1.82, 2.24) is 20.3 Å². The summed E-state index contributed by atoms with van der Waals surface area (Å²) in [6.07, 6.45) is 0.932. The van der Waals surface area contributed by atoms with Gasteiger partial charge in [-0.15, -0.1) is 10.2 Å². The highest BCUT2D eigenvalue weighted by Gasteiger charge is 2.34. The second kappa shape index (κ2) is 6.49. The number of hydrogen-bond acceptors (Lipinski definition) is 7. The van der Waals surface area contributed by atoms with Crippen LogP contribution in [0.25, 0.3) is 0 Å². The smallest absolute Gasteiger partial charge is 0.293 e. The molecule has 0 aliphatic carbocycles. The molecular formula is C15H20N4O4. The van der Waals surface area contributed by atoms with Gasteiger partial charge in [0.25, 0.3) is 5.91 Å². The molecule has 0 bridgehead atoms. The summed E-state index contributed by atoms with van der Waals surface area (Å²) < 4.78 is 16.2. The van der Waals surface area contributed by atoms with Gasteiger partial charge in [0.15, 0.2) is 0 Å². The third-order valence-corrected chi connectivity index (χ3v) is 4.07. The highest BCUT2D eigenvalue weighted by Crippen LogP contribution is 2.26. The first-order valence-corrected chi connectivity index (χ1v) is 7.75. The topological polar surface area (TPSA) is 94.5 Å². The van der Waals surface area contributed by atoms with Gasteiger partial charge in [-0.05, 0) is 6.42 Å². The number of amides is 1. The summed E-state index contributed by atoms with van der Waals surface area (Å²) in [6.45, 7) is 7.04. The van der Waals surface area contributed by atoms with Gasteiger partial charge in [0.1, 0.15) is 6.04 Å². The van der Waals surface area contributed by atoms with Crippen molar-refractivity contribution < 1.29 is 18.5 Å². The Bertz CT molecular complexity index is 681. The summed E-state index contributed by atoms with van der Waals surface area (Å²) in [4.78, 5) is 14.4. The maximum atomic E-state index is 12.8. The fourth-order valence-electron chi connectivity index (χ4n) is 2.47. The van der Waals surface area contributed by atoms with Gasteiger partial charge in [0.05, 0.1) is 18.9 Å². The van der Waals surface area contributed by atoms with Crippen molar-refractivity contribution in [3.8, 4) is 0 Å². The van der Waals surface area contributed by atoms with Crippen LogP contribution in [0, 0.1) is 6.92 Å². The fourth-order valence-corrected chi connectivity index (χ4v) is 2.47. The van der Waals surface area contributed by atoms with Crippen LogP contribution in [-0.4, -0.2) is 45.9 Å². The molecule has 23 heavy (non-hydrogen) atoms. The van der Waals surface area contributed by atoms with Gasteiger partial charge in [0, 0.05) is 25.5 Å². The molecule has 8 nitrogen and oxygen atoms in total. The van der Waals surface area contributed by atoms with Gasteiger partial charge in [-0.25, -0.2) is 0 Å². The predicted molar refractivity (Wildman–Crippen MR) is 78.8 cm³/mol. The zero-order valence-electron chi connectivity index (χ0n) is 13.5. The van der Waals surface area contributed by atoms with Crippen LogP contribution in [0.2, 0.25) is 0 Å². The molecule has 0 saturated carbocycles. The minimum Gasteiger partial charge on any atom is -0.423 e. The first-order chi connectivity index (χ1) is 11.1. The normalized spacial score (nSPS) is 19.8. The van der Waals surface area contributed by atoms with E-state index < -0.39 is 6.04 Å². The van der Waals surface area contributed by atoms with E-state index in [2.05, 4.69) is 22.3 Å². The predicted octanol–water partition coefficient (Wildman–Crippen LogP) is 2.09. The van der Waals surface area contributed by atoms with Crippen molar-refractivity contribution in [3.63, 3.8) is 0 Å². The van der Waals surface area contributed by atoms with Crippen LogP contribution in [-0.2, 0) is 4.74 Å². The molecule has 3 heterocycles. The SMILES string of the molecule is CC[C@H](C)c1cc(C(=O)N2CCOC[C@H]2c2nnc(C)o2)on1. The Labute approximate surface area is 133 Å². The molecule has 1 aliphatic rings. The number of nitrogens with zero attached hydrogens (tertiary/aromatic N) is 4. The monoisotopic (exact) mass is 320 g/mol. The van der Waals surface area contributed by atoms with E-state index in [-0.39, 0.29) is 17.6 Å². The standard InChI is InChI=1S/C15H20N4O4/c1-4-9(2)11-7-13(23-18-11)15(20)19-5-6-21-8-12(19)14-17-16-10(3)22-14/h7,9,12H,4-6,8H2,1-3H3/t9-,12-/m0/s1. The number of ether oxygens (including phenoxy) is 1. The Morgan fingerprint density at radius 1 is 1.48 bits per heavy atom. The number of morpholine rings is 1. The molecule has 0 spiro atoms. The first kappa shape index (κ1) is 15.7. The van der Waals surface area contributed by atoms with Crippen molar-refractivity contribution in [1.29, 1.82) is 0 Å². The van der Waals surface area contributed by atoms with E-state index in [0.29, 0.717) is 31.5 Å². The highest BCUT2D eigenvalue weighted by atomic mass is 16.5. The molecule has 0 unspecified atom stereocenters. The maximum Gasteiger partial charge on any atom is 0.293 e. The number of aryl methyl sites for hydroxylation is 1. The van der Waals surface area contributed by atoms with Crippen LogP contribution in [0.15, 0.2) is 15.0 Å². The number of aromatic nitrogens is 3. The summed E-state index contributed by atoms with van der Waals surface area (Å²) >= 11 is 0. The minimum absolute atomic E-state index is 0.225. The van der Waals surface area contributed by atoms with Gasteiger partial charge in [-0.2, -0.15) is 0 Å². The molecular weight excluding hydrogens is 300 g/mol. The van der Waals surface area contributed by atoms with Crippen molar-refractivity contribution >= 4 is 5.91 Å². The summed E-state index contributed by atoms with van der Waals surface area (Å²) in [5, 5.41) is 11.8. The van der Waals surface area contributed by atoms with Crippen LogP contribution >= 0.6 is 0 Å². The average Bonchev–Trinajstić information content (AvgIpc) is 3.22. The van der Waals surface area contributed by atoms with E-state index in [9.17, 15) is 4.79 Å². The van der Waals surface area contributed by atoms with Gasteiger partial charge < -0.3 is 18.6 Å². The Hall–Kier alpha value is -2.22. The molecule has 0 aromatic carbocycles. The lowest BCUT2D eigenvalue weighted by Crippen LogP contribution is -2.43. The number of carbonyl (C=O) groups excluding carboxylic acids is 1. The number of rotatable bonds is 4. The van der Waals surface area contributed by atoms with E-state index in [1.807, 2.05) is 6.92 Å². The lowest BCUT2D eigenvalue weighted by atomic mass is 10.1. The zero-order chi connectivity index (χ0) is 16.4. The van der Waals surface area contributed by atoms with E-state index >= 15 is 0 Å². The quantitative estimate of drug-likeness (QED) is 0.851. The largest absolute Gasteiger partial charge is 0.423 e. The molecule has 8 heteroatoms. The summed E-state index contributed by atoms with van der Waals surface area (Å²) in [6, 6.07) is 1.30. The van der Waals surface area contributed by atoms with Gasteiger partial charge in [-0.1, -0.05) is 19.0 Å². The van der Waals surface area contributed by atoms with E-state index in [1.54, 1.807) is 17.9 Å². The lowest BCUT2D eigenvalue weighted by Gasteiger charge is -2.32. The van der Waals surface area contributed by atoms with Gasteiger partial charge >= 0.3 is 0 Å². The molecule has 1 aliphatic heterocycles. The second-order valence-electron chi connectivity index (χ2n) is 5.67. The van der Waals surface area contributed by atoms with Crippen molar-refractivity contribution in [3.05, 3.63) is 29.3 Å². The third-order valence-electron chi connectivity index (χ3n) is 4.07. The molecule has 1 fully saturated rings. The first-order valence-electron chi connectivity index (χ1n) is 7.75. The van der Waals surface area contributed by atoms with Gasteiger partial charge in [0.2, 0.25) is 17.5 Å². The Balaban J connectivity index is 1.82. The average molecular weight is 320 g/mol. The van der Waals surface area contributed by atoms with Crippen LogP contribution in [0.4, 0.5) is 0 Å². The Kier molecular flexibility index (Phi) is 4.42. The molecule has 2 atom stereocenters. The summed E-state index contributed by atoms with van der Waals surface area (Å²) in [5.74, 6) is 1.06. The second-order valence-corrected chi connectivity index (χ2v) is 5.67. The molecule has 2 aromatic rings. The van der Waals surface area contributed by atoms with Gasteiger partial charge in [-0.3, -0.25) is 4.79 Å². The molecule has 0 N–H and O–H groups in total. The highest BCUT2D eigenvalue weighted by molar-refractivity contribution is 5.91. The van der Waals surface area contributed by atoms with Crippen LogP contribution in [0.3, 0.4) is 0 Å². The van der Waals surface area contributed by atoms with Crippen LogP contribution < -0.4 is 0 Å². The Morgan fingerprint density at radius 3 is 3.00 bits per heavy atom. The zero-order valence-corrected chi connectivity index (χ0v) is 13.5. The summed E-state index contributed by atoms with van der Waals surface area (Å²) in [7, 11) is 0. The van der Waals surface area contributed by atoms with Crippen molar-refractivity contribution in [2.75, 3.05) is 19.8 Å². The van der Waals surface area contributed by atoms with Crippen molar-refractivity contribution in [2.45, 2.75) is 39.2 Å².